The molecule has 3 fully saturated rings. The van der Waals surface area contributed by atoms with Crippen LogP contribution in [-0.4, -0.2) is 48.5 Å². The molecule has 18 heavy (non-hydrogen) atoms. The third-order valence-electron chi connectivity index (χ3n) is 4.89. The number of thioether (sulfide) groups is 1. The summed E-state index contributed by atoms with van der Waals surface area (Å²) in [4.78, 5) is 14.5. The Morgan fingerprint density at radius 1 is 1.39 bits per heavy atom. The minimum atomic E-state index is 0. The molecule has 2 aliphatic heterocycles. The van der Waals surface area contributed by atoms with Gasteiger partial charge < -0.3 is 10.2 Å². The van der Waals surface area contributed by atoms with E-state index in [0.717, 1.165) is 25.3 Å². The van der Waals surface area contributed by atoms with Gasteiger partial charge in [0.2, 0.25) is 5.91 Å². The predicted molar refractivity (Wildman–Crippen MR) is 78.4 cm³/mol. The second-order valence-corrected chi connectivity index (χ2v) is 6.99. The maximum absolute atomic E-state index is 12.5. The van der Waals surface area contributed by atoms with Gasteiger partial charge in [-0.1, -0.05) is 0 Å². The predicted octanol–water partition coefficient (Wildman–Crippen LogP) is 1.76. The molecule has 104 valence electrons. The highest BCUT2D eigenvalue weighted by Crippen LogP contribution is 2.59. The van der Waals surface area contributed by atoms with Crippen molar-refractivity contribution in [1.82, 2.24) is 10.2 Å². The van der Waals surface area contributed by atoms with Crippen molar-refractivity contribution in [1.29, 1.82) is 0 Å². The molecule has 1 spiro atoms. The molecular weight excluding hydrogens is 268 g/mol. The Kier molecular flexibility index (Phi) is 4.50. The maximum Gasteiger partial charge on any atom is 0.226 e. The van der Waals surface area contributed by atoms with Gasteiger partial charge in [-0.2, -0.15) is 11.8 Å². The Balaban J connectivity index is 0.00000120. The number of hydrogen-bond acceptors (Lipinski definition) is 3. The first kappa shape index (κ1) is 14.5. The molecule has 1 saturated carbocycles. The first-order valence-corrected chi connectivity index (χ1v) is 7.94. The molecule has 0 radical (unpaired) electrons. The van der Waals surface area contributed by atoms with Crippen LogP contribution in [0, 0.1) is 11.3 Å². The molecule has 0 bridgehead atoms. The molecule has 0 aromatic rings. The van der Waals surface area contributed by atoms with Crippen LogP contribution >= 0.6 is 24.2 Å². The van der Waals surface area contributed by atoms with Crippen LogP contribution in [0.2, 0.25) is 0 Å². The first-order chi connectivity index (χ1) is 8.23. The Hall–Kier alpha value is 0.0700. The maximum atomic E-state index is 12.5. The quantitative estimate of drug-likeness (QED) is 0.841. The molecule has 1 aliphatic carbocycles. The van der Waals surface area contributed by atoms with Gasteiger partial charge in [-0.3, -0.25) is 4.79 Å². The second kappa shape index (κ2) is 5.59. The Morgan fingerprint density at radius 2 is 2.11 bits per heavy atom. The fourth-order valence-electron chi connectivity index (χ4n) is 3.43. The molecule has 3 nitrogen and oxygen atoms in total. The molecule has 3 rings (SSSR count). The van der Waals surface area contributed by atoms with Crippen molar-refractivity contribution < 1.29 is 4.79 Å². The summed E-state index contributed by atoms with van der Waals surface area (Å²) in [7, 11) is 2.02. The highest BCUT2D eigenvalue weighted by Gasteiger charge is 2.58. The van der Waals surface area contributed by atoms with Crippen molar-refractivity contribution in [3.63, 3.8) is 0 Å². The van der Waals surface area contributed by atoms with Crippen LogP contribution in [0.1, 0.15) is 25.7 Å². The number of nitrogens with zero attached hydrogens (tertiary/aromatic N) is 1. The molecule has 5 heteroatoms. The lowest BCUT2D eigenvalue weighted by molar-refractivity contribution is -0.134. The van der Waals surface area contributed by atoms with Crippen LogP contribution in [0.25, 0.3) is 0 Å². The summed E-state index contributed by atoms with van der Waals surface area (Å²) in [5, 5.41) is 3.40. The smallest absolute Gasteiger partial charge is 0.226 e. The normalized spacial score (nSPS) is 32.9. The van der Waals surface area contributed by atoms with Gasteiger partial charge in [0.05, 0.1) is 0 Å². The van der Waals surface area contributed by atoms with Gasteiger partial charge in [0.25, 0.3) is 0 Å². The summed E-state index contributed by atoms with van der Waals surface area (Å²) < 4.78 is 0. The van der Waals surface area contributed by atoms with Crippen LogP contribution in [0.5, 0.6) is 0 Å². The lowest BCUT2D eigenvalue weighted by Crippen LogP contribution is -2.40. The number of piperidine rings is 1. The second-order valence-electron chi connectivity index (χ2n) is 5.84. The van der Waals surface area contributed by atoms with Gasteiger partial charge in [0.15, 0.2) is 0 Å². The number of carbonyl (C=O) groups excluding carboxylic acids is 1. The van der Waals surface area contributed by atoms with Crippen LogP contribution < -0.4 is 5.32 Å². The minimum absolute atomic E-state index is 0. The van der Waals surface area contributed by atoms with Gasteiger partial charge >= 0.3 is 0 Å². The van der Waals surface area contributed by atoms with Crippen molar-refractivity contribution in [2.45, 2.75) is 31.7 Å². The summed E-state index contributed by atoms with van der Waals surface area (Å²) in [5.74, 6) is 3.14. The van der Waals surface area contributed by atoms with Gasteiger partial charge in [0.1, 0.15) is 0 Å². The van der Waals surface area contributed by atoms with Gasteiger partial charge in [-0.05, 0) is 49.9 Å². The monoisotopic (exact) mass is 290 g/mol. The number of hydrogen-bond donors (Lipinski definition) is 1. The highest BCUT2D eigenvalue weighted by atomic mass is 35.5. The third-order valence-corrected chi connectivity index (χ3v) is 6.03. The Labute approximate surface area is 120 Å². The minimum Gasteiger partial charge on any atom is -0.342 e. The lowest BCUT2D eigenvalue weighted by atomic mass is 9.91. The first-order valence-electron chi connectivity index (χ1n) is 6.78. The van der Waals surface area contributed by atoms with Crippen LogP contribution in [0.15, 0.2) is 0 Å². The molecular formula is C13H23ClN2OS. The third kappa shape index (κ3) is 2.52. The van der Waals surface area contributed by atoms with E-state index in [-0.39, 0.29) is 12.4 Å². The van der Waals surface area contributed by atoms with Gasteiger partial charge in [-0.25, -0.2) is 0 Å². The fraction of sp³-hybridized carbons (Fsp3) is 0.923. The van der Waals surface area contributed by atoms with E-state index < -0.39 is 0 Å². The van der Waals surface area contributed by atoms with Crippen molar-refractivity contribution >= 4 is 30.1 Å². The molecule has 2 saturated heterocycles. The van der Waals surface area contributed by atoms with Crippen molar-refractivity contribution in [2.75, 3.05) is 31.6 Å². The van der Waals surface area contributed by atoms with E-state index in [1.807, 2.05) is 18.8 Å². The Morgan fingerprint density at radius 3 is 2.72 bits per heavy atom. The van der Waals surface area contributed by atoms with E-state index in [2.05, 4.69) is 10.2 Å². The molecule has 3 aliphatic rings. The van der Waals surface area contributed by atoms with Crippen LogP contribution in [0.4, 0.5) is 0 Å². The lowest BCUT2D eigenvalue weighted by Gasteiger charge is -2.27. The van der Waals surface area contributed by atoms with Crippen LogP contribution in [-0.2, 0) is 4.79 Å². The van der Waals surface area contributed by atoms with Crippen molar-refractivity contribution in [3.8, 4) is 0 Å². The van der Waals surface area contributed by atoms with Crippen LogP contribution in [0.3, 0.4) is 0 Å². The summed E-state index contributed by atoms with van der Waals surface area (Å²) in [6.45, 7) is 2.21. The fourth-order valence-corrected chi connectivity index (χ4v) is 4.70. The number of amides is 1. The van der Waals surface area contributed by atoms with E-state index in [0.29, 0.717) is 23.3 Å². The average molecular weight is 291 g/mol. The molecule has 0 aromatic heterocycles. The number of rotatable bonds is 2. The average Bonchev–Trinajstić information content (AvgIpc) is 2.83. The Bertz CT molecular complexity index is 314. The summed E-state index contributed by atoms with van der Waals surface area (Å²) in [6, 6.07) is 0.506. The largest absolute Gasteiger partial charge is 0.342 e. The van der Waals surface area contributed by atoms with E-state index in [4.69, 9.17) is 0 Å². The van der Waals surface area contributed by atoms with E-state index in [9.17, 15) is 4.79 Å². The SMILES string of the molecule is CN(C(=O)C1CC12CCNCC2)C1CCSC1.Cl. The summed E-state index contributed by atoms with van der Waals surface area (Å²) >= 11 is 1.98. The van der Waals surface area contributed by atoms with Crippen molar-refractivity contribution in [3.05, 3.63) is 0 Å². The zero-order valence-electron chi connectivity index (χ0n) is 11.0. The molecule has 1 amide bonds. The topological polar surface area (TPSA) is 32.3 Å². The number of nitrogens with one attached hydrogen (secondary N) is 1. The zero-order chi connectivity index (χ0) is 11.9. The summed E-state index contributed by atoms with van der Waals surface area (Å²) in [5.41, 5.74) is 0.391. The van der Waals surface area contributed by atoms with Gasteiger partial charge in [-0.15, -0.1) is 12.4 Å². The molecule has 2 unspecified atom stereocenters. The molecule has 0 aromatic carbocycles. The molecule has 1 N–H and O–H groups in total. The molecule has 2 heterocycles. The zero-order valence-corrected chi connectivity index (χ0v) is 12.6. The van der Waals surface area contributed by atoms with E-state index in [1.165, 1.54) is 25.0 Å². The number of carbonyl (C=O) groups is 1. The standard InChI is InChI=1S/C13H22N2OS.ClH/c1-15(10-2-7-17-9-10)12(16)11-8-13(11)3-5-14-6-4-13;/h10-11,14H,2-9H2,1H3;1H. The number of halogens is 1. The molecule has 2 atom stereocenters. The highest BCUT2D eigenvalue weighted by molar-refractivity contribution is 7.99. The van der Waals surface area contributed by atoms with Crippen molar-refractivity contribution in [2.24, 2.45) is 11.3 Å². The van der Waals surface area contributed by atoms with Gasteiger partial charge in [0, 0.05) is 24.8 Å². The summed E-state index contributed by atoms with van der Waals surface area (Å²) in [6.07, 6.45) is 4.75. The van der Waals surface area contributed by atoms with E-state index in [1.54, 1.807) is 0 Å². The van der Waals surface area contributed by atoms with E-state index >= 15 is 0 Å².